The molecule has 0 bridgehead atoms. The molecule has 2 N–H and O–H groups in total. The summed E-state index contributed by atoms with van der Waals surface area (Å²) < 4.78 is 26.2. The number of benzene rings is 1. The van der Waals surface area contributed by atoms with Gasteiger partial charge < -0.3 is 5.73 Å². The monoisotopic (exact) mass is 322 g/mol. The average Bonchev–Trinajstić information content (AvgIpc) is 2.46. The summed E-state index contributed by atoms with van der Waals surface area (Å²) in [6.45, 7) is 0. The van der Waals surface area contributed by atoms with Gasteiger partial charge in [0.2, 0.25) is 0 Å². The van der Waals surface area contributed by atoms with E-state index in [1.807, 2.05) is 6.07 Å². The second kappa shape index (κ2) is 5.60. The van der Waals surface area contributed by atoms with Gasteiger partial charge in [-0.15, -0.1) is 0 Å². The quantitative estimate of drug-likeness (QED) is 0.931. The van der Waals surface area contributed by atoms with E-state index in [0.717, 1.165) is 4.31 Å². The van der Waals surface area contributed by atoms with Crippen molar-refractivity contribution in [1.82, 2.24) is 4.98 Å². The molecule has 0 spiro atoms. The summed E-state index contributed by atoms with van der Waals surface area (Å²) in [7, 11) is -2.52. The summed E-state index contributed by atoms with van der Waals surface area (Å²) >= 11 is 5.96. The van der Waals surface area contributed by atoms with Crippen molar-refractivity contribution >= 4 is 33.0 Å². The number of aromatic nitrogens is 1. The van der Waals surface area contributed by atoms with Gasteiger partial charge in [0.1, 0.15) is 4.90 Å². The molecule has 1 aromatic heterocycles. The molecule has 8 heteroatoms. The third-order valence-electron chi connectivity index (χ3n) is 2.87. The molecule has 21 heavy (non-hydrogen) atoms. The highest BCUT2D eigenvalue weighted by Crippen LogP contribution is 2.30. The molecule has 0 atom stereocenters. The highest BCUT2D eigenvalue weighted by Gasteiger charge is 2.25. The zero-order chi connectivity index (χ0) is 15.6. The normalized spacial score (nSPS) is 10.9. The van der Waals surface area contributed by atoms with Crippen LogP contribution in [0.1, 0.15) is 5.56 Å². The zero-order valence-corrected chi connectivity index (χ0v) is 12.6. The van der Waals surface area contributed by atoms with Crippen LogP contribution in [0.25, 0.3) is 0 Å². The summed E-state index contributed by atoms with van der Waals surface area (Å²) in [5.41, 5.74) is 6.54. The Morgan fingerprint density at radius 3 is 2.67 bits per heavy atom. The van der Waals surface area contributed by atoms with Gasteiger partial charge in [0.25, 0.3) is 10.0 Å². The SMILES string of the molecule is CN(c1ccncc1N)S(=O)(=O)c1ccc(C#N)cc1Cl. The number of halogens is 1. The van der Waals surface area contributed by atoms with Crippen LogP contribution < -0.4 is 10.0 Å². The Kier molecular flexibility index (Phi) is 4.02. The summed E-state index contributed by atoms with van der Waals surface area (Å²) in [6.07, 6.45) is 2.81. The minimum Gasteiger partial charge on any atom is -0.396 e. The molecule has 0 aliphatic heterocycles. The lowest BCUT2D eigenvalue weighted by Crippen LogP contribution is -2.27. The van der Waals surface area contributed by atoms with Gasteiger partial charge in [0, 0.05) is 13.2 Å². The number of nitrogens with two attached hydrogens (primary N) is 1. The smallest absolute Gasteiger partial charge is 0.265 e. The maximum absolute atomic E-state index is 12.6. The van der Waals surface area contributed by atoms with Crippen molar-refractivity contribution in [2.45, 2.75) is 4.90 Å². The lowest BCUT2D eigenvalue weighted by atomic mass is 10.2. The standard InChI is InChI=1S/C13H11ClN4O2S/c1-18(12-4-5-17-8-11(12)16)21(19,20)13-3-2-9(7-15)6-10(13)14/h2-6,8H,16H2,1H3. The van der Waals surface area contributed by atoms with E-state index in [-0.39, 0.29) is 21.2 Å². The third-order valence-corrected chi connectivity index (χ3v) is 5.12. The number of nitriles is 1. The summed E-state index contributed by atoms with van der Waals surface area (Å²) in [4.78, 5) is 3.72. The predicted octanol–water partition coefficient (Wildman–Crippen LogP) is 2.01. The molecule has 6 nitrogen and oxygen atoms in total. The van der Waals surface area contributed by atoms with Crippen molar-refractivity contribution in [2.75, 3.05) is 17.1 Å². The van der Waals surface area contributed by atoms with Crippen molar-refractivity contribution in [1.29, 1.82) is 5.26 Å². The van der Waals surface area contributed by atoms with Crippen LogP contribution in [0.2, 0.25) is 5.02 Å². The fraction of sp³-hybridized carbons (Fsp3) is 0.0769. The Labute approximate surface area is 127 Å². The van der Waals surface area contributed by atoms with Crippen molar-refractivity contribution in [3.63, 3.8) is 0 Å². The fourth-order valence-electron chi connectivity index (χ4n) is 1.74. The number of nitrogen functional groups attached to an aromatic ring is 1. The number of pyridine rings is 1. The van der Waals surface area contributed by atoms with Crippen LogP contribution in [-0.2, 0) is 10.0 Å². The maximum Gasteiger partial charge on any atom is 0.265 e. The molecule has 0 saturated carbocycles. The second-order valence-corrected chi connectivity index (χ2v) is 6.51. The first-order valence-corrected chi connectivity index (χ1v) is 7.58. The Balaban J connectivity index is 2.53. The minimum atomic E-state index is -3.89. The summed E-state index contributed by atoms with van der Waals surface area (Å²) in [5.74, 6) is 0. The van der Waals surface area contributed by atoms with E-state index >= 15 is 0 Å². The van der Waals surface area contributed by atoms with Crippen molar-refractivity contribution in [2.24, 2.45) is 0 Å². The van der Waals surface area contributed by atoms with E-state index in [4.69, 9.17) is 22.6 Å². The molecule has 108 valence electrons. The van der Waals surface area contributed by atoms with E-state index in [1.54, 1.807) is 0 Å². The lowest BCUT2D eigenvalue weighted by molar-refractivity contribution is 0.594. The molecule has 0 fully saturated rings. The summed E-state index contributed by atoms with van der Waals surface area (Å²) in [5, 5.41) is 8.77. The predicted molar refractivity (Wildman–Crippen MR) is 80.4 cm³/mol. The number of nitrogens with zero attached hydrogens (tertiary/aromatic N) is 3. The van der Waals surface area contributed by atoms with Gasteiger partial charge in [-0.05, 0) is 24.3 Å². The molecule has 2 rings (SSSR count). The third kappa shape index (κ3) is 2.77. The number of anilines is 2. The van der Waals surface area contributed by atoms with Crippen LogP contribution in [0.3, 0.4) is 0 Å². The van der Waals surface area contributed by atoms with E-state index in [9.17, 15) is 8.42 Å². The van der Waals surface area contributed by atoms with Crippen LogP contribution in [0.15, 0.2) is 41.6 Å². The molecule has 0 unspecified atom stereocenters. The molecule has 0 radical (unpaired) electrons. The topological polar surface area (TPSA) is 100 Å². The number of hydrogen-bond donors (Lipinski definition) is 1. The van der Waals surface area contributed by atoms with Crippen LogP contribution >= 0.6 is 11.6 Å². The largest absolute Gasteiger partial charge is 0.396 e. The molecule has 2 aromatic rings. The van der Waals surface area contributed by atoms with Gasteiger partial charge >= 0.3 is 0 Å². The van der Waals surface area contributed by atoms with Crippen LogP contribution in [-0.4, -0.2) is 20.4 Å². The van der Waals surface area contributed by atoms with Gasteiger partial charge in [0.05, 0.1) is 34.2 Å². The molecular weight excluding hydrogens is 312 g/mol. The van der Waals surface area contributed by atoms with Crippen LogP contribution in [0.4, 0.5) is 11.4 Å². The lowest BCUT2D eigenvalue weighted by Gasteiger charge is -2.21. The highest BCUT2D eigenvalue weighted by atomic mass is 35.5. The van der Waals surface area contributed by atoms with Gasteiger partial charge in [-0.25, -0.2) is 8.42 Å². The van der Waals surface area contributed by atoms with Crippen LogP contribution in [0.5, 0.6) is 0 Å². The number of sulfonamides is 1. The van der Waals surface area contributed by atoms with Gasteiger partial charge in [-0.1, -0.05) is 11.6 Å². The van der Waals surface area contributed by atoms with Crippen molar-refractivity contribution in [3.8, 4) is 6.07 Å². The van der Waals surface area contributed by atoms with Crippen molar-refractivity contribution < 1.29 is 8.42 Å². The van der Waals surface area contributed by atoms with Gasteiger partial charge in [-0.2, -0.15) is 5.26 Å². The Morgan fingerprint density at radius 2 is 2.10 bits per heavy atom. The maximum atomic E-state index is 12.6. The van der Waals surface area contributed by atoms with E-state index in [0.29, 0.717) is 5.69 Å². The second-order valence-electron chi connectivity index (χ2n) is 4.16. The Hall–Kier alpha value is -2.30. The molecule has 1 heterocycles. The summed E-state index contributed by atoms with van der Waals surface area (Å²) in [6, 6.07) is 7.38. The van der Waals surface area contributed by atoms with Gasteiger partial charge in [0.15, 0.2) is 0 Å². The Bertz CT molecular complexity index is 830. The van der Waals surface area contributed by atoms with Crippen molar-refractivity contribution in [3.05, 3.63) is 47.2 Å². The molecule has 0 saturated heterocycles. The Morgan fingerprint density at radius 1 is 1.38 bits per heavy atom. The van der Waals surface area contributed by atoms with E-state index < -0.39 is 10.0 Å². The molecule has 1 aromatic carbocycles. The minimum absolute atomic E-state index is 0.0199. The number of hydrogen-bond acceptors (Lipinski definition) is 5. The van der Waals surface area contributed by atoms with Crippen LogP contribution in [0, 0.1) is 11.3 Å². The first kappa shape index (κ1) is 15.1. The van der Waals surface area contributed by atoms with E-state index in [2.05, 4.69) is 4.98 Å². The van der Waals surface area contributed by atoms with Gasteiger partial charge in [-0.3, -0.25) is 9.29 Å². The fourth-order valence-corrected chi connectivity index (χ4v) is 3.48. The van der Waals surface area contributed by atoms with E-state index in [1.165, 1.54) is 43.7 Å². The highest BCUT2D eigenvalue weighted by molar-refractivity contribution is 7.93. The number of rotatable bonds is 3. The molecule has 0 aliphatic rings. The molecule has 0 amide bonds. The average molecular weight is 323 g/mol. The molecule has 0 aliphatic carbocycles. The first-order valence-electron chi connectivity index (χ1n) is 5.76. The molecular formula is C13H11ClN4O2S. The zero-order valence-electron chi connectivity index (χ0n) is 11.0. The first-order chi connectivity index (χ1) is 9.87.